The molecule has 158 valence electrons. The predicted molar refractivity (Wildman–Crippen MR) is 123 cm³/mol. The van der Waals surface area contributed by atoms with Crippen LogP contribution in [-0.2, 0) is 6.61 Å². The monoisotopic (exact) mass is 443 g/mol. The molecule has 2 heterocycles. The van der Waals surface area contributed by atoms with Gasteiger partial charge >= 0.3 is 0 Å². The molecule has 8 heteroatoms. The Morgan fingerprint density at radius 2 is 1.78 bits per heavy atom. The second-order valence-corrected chi connectivity index (χ2v) is 7.67. The molecule has 0 aliphatic heterocycles. The molecule has 5 aromatic rings. The first-order valence-corrected chi connectivity index (χ1v) is 10.3. The zero-order valence-corrected chi connectivity index (χ0v) is 17.9. The van der Waals surface area contributed by atoms with Gasteiger partial charge in [-0.25, -0.2) is 9.67 Å². The van der Waals surface area contributed by atoms with Gasteiger partial charge in [-0.2, -0.15) is 0 Å². The Balaban J connectivity index is 1.41. The highest BCUT2D eigenvalue weighted by atomic mass is 35.5. The van der Waals surface area contributed by atoms with Crippen LogP contribution in [0.3, 0.4) is 0 Å². The van der Waals surface area contributed by atoms with Crippen LogP contribution in [0.15, 0.2) is 83.8 Å². The largest absolute Gasteiger partial charge is 0.487 e. The van der Waals surface area contributed by atoms with E-state index < -0.39 is 0 Å². The van der Waals surface area contributed by atoms with E-state index in [2.05, 4.69) is 15.3 Å². The minimum absolute atomic E-state index is 0.143. The van der Waals surface area contributed by atoms with Gasteiger partial charge in [-0.05, 0) is 55.5 Å². The second kappa shape index (κ2) is 8.28. The molecular weight excluding hydrogens is 426 g/mol. The standard InChI is InChI=1S/C24H18ClN5O2/c1-16-26-23-11-10-21(13-22(23)24(31)30(16)19-7-3-2-4-8-19)32-15-18-14-29(28-27-18)20-9-5-6-17(25)12-20/h2-14H,15H2,1H3. The van der Waals surface area contributed by atoms with E-state index >= 15 is 0 Å². The molecule has 0 atom stereocenters. The fraction of sp³-hybridized carbons (Fsp3) is 0.0833. The van der Waals surface area contributed by atoms with Gasteiger partial charge in [0.25, 0.3) is 5.56 Å². The van der Waals surface area contributed by atoms with Gasteiger partial charge in [0.2, 0.25) is 0 Å². The molecule has 0 fully saturated rings. The Morgan fingerprint density at radius 1 is 0.969 bits per heavy atom. The van der Waals surface area contributed by atoms with E-state index in [9.17, 15) is 4.79 Å². The first kappa shape index (κ1) is 20.0. The Labute approximate surface area is 188 Å². The molecule has 32 heavy (non-hydrogen) atoms. The molecule has 0 N–H and O–H groups in total. The van der Waals surface area contributed by atoms with Gasteiger partial charge in [-0.1, -0.05) is 41.1 Å². The fourth-order valence-electron chi connectivity index (χ4n) is 3.51. The van der Waals surface area contributed by atoms with E-state index in [1.165, 1.54) is 0 Å². The Morgan fingerprint density at radius 3 is 2.59 bits per heavy atom. The molecule has 0 unspecified atom stereocenters. The van der Waals surface area contributed by atoms with Crippen molar-refractivity contribution in [3.63, 3.8) is 0 Å². The summed E-state index contributed by atoms with van der Waals surface area (Å²) >= 11 is 6.04. The van der Waals surface area contributed by atoms with E-state index in [0.717, 1.165) is 11.4 Å². The van der Waals surface area contributed by atoms with Gasteiger partial charge in [-0.15, -0.1) is 5.10 Å². The van der Waals surface area contributed by atoms with Crippen molar-refractivity contribution in [1.29, 1.82) is 0 Å². The molecule has 0 radical (unpaired) electrons. The van der Waals surface area contributed by atoms with Crippen LogP contribution >= 0.6 is 11.6 Å². The third-order valence-electron chi connectivity index (χ3n) is 5.02. The number of nitrogens with zero attached hydrogens (tertiary/aromatic N) is 5. The number of hydrogen-bond donors (Lipinski definition) is 0. The van der Waals surface area contributed by atoms with E-state index in [1.54, 1.807) is 45.8 Å². The number of aromatic nitrogens is 5. The minimum Gasteiger partial charge on any atom is -0.487 e. The van der Waals surface area contributed by atoms with Crippen molar-refractivity contribution in [3.05, 3.63) is 106 Å². The summed E-state index contributed by atoms with van der Waals surface area (Å²) in [4.78, 5) is 17.8. The number of aryl methyl sites for hydroxylation is 1. The normalized spacial score (nSPS) is 11.1. The van der Waals surface area contributed by atoms with Crippen molar-refractivity contribution < 1.29 is 4.74 Å². The summed E-state index contributed by atoms with van der Waals surface area (Å²) in [5.41, 5.74) is 2.71. The van der Waals surface area contributed by atoms with Crippen LogP contribution in [0.5, 0.6) is 5.75 Å². The van der Waals surface area contributed by atoms with E-state index in [1.807, 2.05) is 49.4 Å². The molecule has 5 rings (SSSR count). The molecular formula is C24H18ClN5O2. The highest BCUT2D eigenvalue weighted by molar-refractivity contribution is 6.30. The summed E-state index contributed by atoms with van der Waals surface area (Å²) in [5.74, 6) is 1.18. The third-order valence-corrected chi connectivity index (χ3v) is 5.26. The Bertz CT molecular complexity index is 1480. The summed E-state index contributed by atoms with van der Waals surface area (Å²) in [6.45, 7) is 2.03. The zero-order chi connectivity index (χ0) is 22.1. The van der Waals surface area contributed by atoms with Gasteiger partial charge in [0, 0.05) is 5.02 Å². The third kappa shape index (κ3) is 3.86. The highest BCUT2D eigenvalue weighted by Crippen LogP contribution is 2.20. The Kier molecular flexibility index (Phi) is 5.17. The maximum atomic E-state index is 13.2. The minimum atomic E-state index is -0.143. The van der Waals surface area contributed by atoms with Gasteiger partial charge in [-0.3, -0.25) is 9.36 Å². The number of ether oxygens (including phenoxy) is 1. The fourth-order valence-corrected chi connectivity index (χ4v) is 3.70. The van der Waals surface area contributed by atoms with E-state index in [4.69, 9.17) is 16.3 Å². The number of fused-ring (bicyclic) bond motifs is 1. The lowest BCUT2D eigenvalue weighted by molar-refractivity contribution is 0.301. The first-order chi connectivity index (χ1) is 15.6. The lowest BCUT2D eigenvalue weighted by Gasteiger charge is -2.11. The van der Waals surface area contributed by atoms with Gasteiger partial charge in [0.05, 0.1) is 28.5 Å². The SMILES string of the molecule is Cc1nc2ccc(OCc3cn(-c4cccc(Cl)c4)nn3)cc2c(=O)n1-c1ccccc1. The summed E-state index contributed by atoms with van der Waals surface area (Å²) in [6.07, 6.45) is 1.78. The van der Waals surface area contributed by atoms with Crippen LogP contribution in [0, 0.1) is 6.92 Å². The van der Waals surface area contributed by atoms with E-state index in [-0.39, 0.29) is 12.2 Å². The number of para-hydroxylation sites is 1. The molecule has 7 nitrogen and oxygen atoms in total. The summed E-state index contributed by atoms with van der Waals surface area (Å²) in [5, 5.41) is 9.38. The maximum Gasteiger partial charge on any atom is 0.266 e. The van der Waals surface area contributed by atoms with Gasteiger partial charge in [0.15, 0.2) is 0 Å². The zero-order valence-electron chi connectivity index (χ0n) is 17.1. The molecule has 0 amide bonds. The van der Waals surface area contributed by atoms with Crippen molar-refractivity contribution in [2.24, 2.45) is 0 Å². The molecule has 0 spiro atoms. The van der Waals surface area contributed by atoms with Crippen LogP contribution in [0.4, 0.5) is 0 Å². The second-order valence-electron chi connectivity index (χ2n) is 7.24. The van der Waals surface area contributed by atoms with Crippen molar-refractivity contribution >= 4 is 22.5 Å². The Hall–Kier alpha value is -3.97. The lowest BCUT2D eigenvalue weighted by Crippen LogP contribution is -2.22. The lowest BCUT2D eigenvalue weighted by atomic mass is 10.2. The number of benzene rings is 3. The molecule has 2 aromatic heterocycles. The topological polar surface area (TPSA) is 74.8 Å². The molecule has 3 aromatic carbocycles. The molecule has 0 aliphatic rings. The van der Waals surface area contributed by atoms with Crippen LogP contribution < -0.4 is 10.3 Å². The number of rotatable bonds is 5. The molecule has 0 saturated heterocycles. The van der Waals surface area contributed by atoms with Gasteiger partial charge < -0.3 is 4.74 Å². The van der Waals surface area contributed by atoms with E-state index in [0.29, 0.717) is 33.2 Å². The van der Waals surface area contributed by atoms with Crippen LogP contribution in [0.2, 0.25) is 5.02 Å². The van der Waals surface area contributed by atoms with Crippen molar-refractivity contribution in [1.82, 2.24) is 24.5 Å². The smallest absolute Gasteiger partial charge is 0.266 e. The average molecular weight is 444 g/mol. The van der Waals surface area contributed by atoms with Crippen LogP contribution in [0.25, 0.3) is 22.3 Å². The maximum absolute atomic E-state index is 13.2. The number of halogens is 1. The molecule has 0 saturated carbocycles. The first-order valence-electron chi connectivity index (χ1n) is 9.97. The average Bonchev–Trinajstić information content (AvgIpc) is 3.28. The molecule has 0 bridgehead atoms. The highest BCUT2D eigenvalue weighted by Gasteiger charge is 2.11. The van der Waals surface area contributed by atoms with Crippen molar-refractivity contribution in [3.8, 4) is 17.1 Å². The molecule has 0 aliphatic carbocycles. The number of hydrogen-bond acceptors (Lipinski definition) is 5. The summed E-state index contributed by atoms with van der Waals surface area (Å²) < 4.78 is 9.12. The predicted octanol–water partition coefficient (Wildman–Crippen LogP) is 4.51. The van der Waals surface area contributed by atoms with Crippen molar-refractivity contribution in [2.45, 2.75) is 13.5 Å². The van der Waals surface area contributed by atoms with Crippen molar-refractivity contribution in [2.75, 3.05) is 0 Å². The summed E-state index contributed by atoms with van der Waals surface area (Å²) in [7, 11) is 0. The quantitative estimate of drug-likeness (QED) is 0.399. The van der Waals surface area contributed by atoms with Crippen LogP contribution in [0.1, 0.15) is 11.5 Å². The summed E-state index contributed by atoms with van der Waals surface area (Å²) in [6, 6.07) is 22.1. The van der Waals surface area contributed by atoms with Gasteiger partial charge in [0.1, 0.15) is 23.9 Å². The van der Waals surface area contributed by atoms with Crippen LogP contribution in [-0.4, -0.2) is 24.5 Å².